The fraction of sp³-hybridized carbons (Fsp3) is 0.312. The van der Waals surface area contributed by atoms with Crippen LogP contribution in [0.25, 0.3) is 0 Å². The van der Waals surface area contributed by atoms with Crippen LogP contribution in [0.2, 0.25) is 0 Å². The van der Waals surface area contributed by atoms with Crippen molar-refractivity contribution in [1.29, 1.82) is 0 Å². The van der Waals surface area contributed by atoms with Gasteiger partial charge >= 0.3 is 0 Å². The van der Waals surface area contributed by atoms with Gasteiger partial charge in [-0.1, -0.05) is 31.5 Å². The smallest absolute Gasteiger partial charge is 0.261 e. The second-order valence-corrected chi connectivity index (χ2v) is 7.31. The lowest BCUT2D eigenvalue weighted by Crippen LogP contribution is -2.13. The lowest BCUT2D eigenvalue weighted by molar-refractivity contribution is 0.601. The average Bonchev–Trinajstić information content (AvgIpc) is 2.46. The van der Waals surface area contributed by atoms with Crippen molar-refractivity contribution in [2.75, 3.05) is 16.6 Å². The summed E-state index contributed by atoms with van der Waals surface area (Å²) in [5, 5.41) is 3.18. The summed E-state index contributed by atoms with van der Waals surface area (Å²) in [4.78, 5) is 4.44. The molecule has 0 bridgehead atoms. The lowest BCUT2D eigenvalue weighted by Gasteiger charge is -2.10. The van der Waals surface area contributed by atoms with Gasteiger partial charge in [-0.15, -0.1) is 0 Å². The Bertz CT molecular complexity index is 708. The molecular formula is C16H21N3O2S. The van der Waals surface area contributed by atoms with Gasteiger partial charge in [0.2, 0.25) is 0 Å². The van der Waals surface area contributed by atoms with Gasteiger partial charge < -0.3 is 5.32 Å². The Morgan fingerprint density at radius 3 is 2.32 bits per heavy atom. The van der Waals surface area contributed by atoms with Crippen molar-refractivity contribution in [2.45, 2.75) is 25.7 Å². The molecule has 0 saturated heterocycles. The summed E-state index contributed by atoms with van der Waals surface area (Å²) in [6, 6.07) is 10.2. The van der Waals surface area contributed by atoms with Gasteiger partial charge in [0.05, 0.1) is 16.8 Å². The fourth-order valence-electron chi connectivity index (χ4n) is 1.80. The summed E-state index contributed by atoms with van der Waals surface area (Å²) in [6.45, 7) is 6.95. The van der Waals surface area contributed by atoms with E-state index in [1.807, 2.05) is 6.92 Å². The summed E-state index contributed by atoms with van der Waals surface area (Å²) < 4.78 is 27.0. The number of benzene rings is 1. The van der Waals surface area contributed by atoms with Crippen LogP contribution in [0.15, 0.2) is 47.5 Å². The van der Waals surface area contributed by atoms with Crippen LogP contribution in [-0.4, -0.2) is 19.9 Å². The van der Waals surface area contributed by atoms with Gasteiger partial charge in [-0.3, -0.25) is 4.72 Å². The molecule has 22 heavy (non-hydrogen) atoms. The van der Waals surface area contributed by atoms with Gasteiger partial charge in [-0.2, -0.15) is 0 Å². The zero-order valence-electron chi connectivity index (χ0n) is 13.0. The molecule has 0 fully saturated rings. The molecule has 0 unspecified atom stereocenters. The van der Waals surface area contributed by atoms with E-state index in [1.165, 1.54) is 6.20 Å². The molecule has 1 aromatic heterocycles. The predicted octanol–water partition coefficient (Wildman–Crippen LogP) is 3.26. The van der Waals surface area contributed by atoms with Crippen molar-refractivity contribution in [3.8, 4) is 0 Å². The van der Waals surface area contributed by atoms with E-state index in [2.05, 4.69) is 28.9 Å². The molecule has 6 heteroatoms. The minimum atomic E-state index is -3.58. The van der Waals surface area contributed by atoms with Gasteiger partial charge in [-0.05, 0) is 37.1 Å². The second kappa shape index (κ2) is 6.79. The third-order valence-corrected chi connectivity index (χ3v) is 4.44. The summed E-state index contributed by atoms with van der Waals surface area (Å²) >= 11 is 0. The van der Waals surface area contributed by atoms with Crippen LogP contribution in [0.4, 0.5) is 11.5 Å². The van der Waals surface area contributed by atoms with Crippen molar-refractivity contribution in [2.24, 2.45) is 5.92 Å². The largest absolute Gasteiger partial charge is 0.370 e. The number of nitrogens with one attached hydrogen (secondary N) is 2. The predicted molar refractivity (Wildman–Crippen MR) is 89.6 cm³/mol. The monoisotopic (exact) mass is 319 g/mol. The third kappa shape index (κ3) is 4.46. The van der Waals surface area contributed by atoms with Crippen LogP contribution >= 0.6 is 0 Å². The average molecular weight is 319 g/mol. The minimum Gasteiger partial charge on any atom is -0.370 e. The molecule has 2 rings (SSSR count). The number of sulfonamides is 1. The van der Waals surface area contributed by atoms with Crippen LogP contribution in [-0.2, 0) is 10.0 Å². The first-order valence-electron chi connectivity index (χ1n) is 7.16. The fourth-order valence-corrected chi connectivity index (χ4v) is 2.84. The van der Waals surface area contributed by atoms with E-state index in [9.17, 15) is 8.42 Å². The van der Waals surface area contributed by atoms with Crippen LogP contribution in [0, 0.1) is 12.8 Å². The van der Waals surface area contributed by atoms with Gasteiger partial charge in [0.15, 0.2) is 0 Å². The van der Waals surface area contributed by atoms with E-state index in [0.29, 0.717) is 11.6 Å². The maximum absolute atomic E-state index is 12.3. The molecule has 0 aliphatic heterocycles. The molecule has 1 heterocycles. The maximum atomic E-state index is 12.3. The summed E-state index contributed by atoms with van der Waals surface area (Å²) in [5.74, 6) is 1.24. The Morgan fingerprint density at radius 1 is 1.09 bits per heavy atom. The standard InChI is InChI=1S/C16H21N3O2S/c1-12(2)10-17-16-9-6-14(11-18-16)19-22(20,21)15-7-4-13(3)5-8-15/h4-9,11-12,19H,10H2,1-3H3,(H,17,18). The molecule has 1 aromatic carbocycles. The topological polar surface area (TPSA) is 71.1 Å². The van der Waals surface area contributed by atoms with Crippen molar-refractivity contribution in [3.05, 3.63) is 48.2 Å². The zero-order chi connectivity index (χ0) is 16.2. The molecular weight excluding hydrogens is 298 g/mol. The maximum Gasteiger partial charge on any atom is 0.261 e. The number of hydrogen-bond acceptors (Lipinski definition) is 4. The van der Waals surface area contributed by atoms with Gasteiger partial charge in [-0.25, -0.2) is 13.4 Å². The van der Waals surface area contributed by atoms with Gasteiger partial charge in [0, 0.05) is 6.54 Å². The summed E-state index contributed by atoms with van der Waals surface area (Å²) in [7, 11) is -3.58. The Kier molecular flexibility index (Phi) is 5.03. The van der Waals surface area contributed by atoms with Gasteiger partial charge in [0.1, 0.15) is 5.82 Å². The molecule has 118 valence electrons. The van der Waals surface area contributed by atoms with Gasteiger partial charge in [0.25, 0.3) is 10.0 Å². The van der Waals surface area contributed by atoms with Crippen molar-refractivity contribution >= 4 is 21.5 Å². The normalized spacial score (nSPS) is 11.5. The van der Waals surface area contributed by atoms with Crippen molar-refractivity contribution in [1.82, 2.24) is 4.98 Å². The number of aromatic nitrogens is 1. The second-order valence-electron chi connectivity index (χ2n) is 5.63. The molecule has 0 amide bonds. The quantitative estimate of drug-likeness (QED) is 0.857. The molecule has 0 radical (unpaired) electrons. The molecule has 2 aromatic rings. The molecule has 2 N–H and O–H groups in total. The first kappa shape index (κ1) is 16.3. The molecule has 0 saturated carbocycles. The van der Waals surface area contributed by atoms with Crippen LogP contribution in [0.3, 0.4) is 0 Å². The van der Waals surface area contributed by atoms with E-state index in [0.717, 1.165) is 17.9 Å². The number of anilines is 2. The van der Waals surface area contributed by atoms with Crippen LogP contribution < -0.4 is 10.0 Å². The van der Waals surface area contributed by atoms with E-state index in [-0.39, 0.29) is 4.90 Å². The van der Waals surface area contributed by atoms with E-state index in [4.69, 9.17) is 0 Å². The highest BCUT2D eigenvalue weighted by Gasteiger charge is 2.13. The Balaban J connectivity index is 2.08. The van der Waals surface area contributed by atoms with E-state index >= 15 is 0 Å². The SMILES string of the molecule is Cc1ccc(S(=O)(=O)Nc2ccc(NCC(C)C)nc2)cc1. The third-order valence-electron chi connectivity index (χ3n) is 3.04. The number of aryl methyl sites for hydroxylation is 1. The van der Waals surface area contributed by atoms with Crippen LogP contribution in [0.5, 0.6) is 0 Å². The Morgan fingerprint density at radius 2 is 1.77 bits per heavy atom. The number of rotatable bonds is 6. The Labute approximate surface area is 131 Å². The first-order valence-corrected chi connectivity index (χ1v) is 8.64. The highest BCUT2D eigenvalue weighted by atomic mass is 32.2. The van der Waals surface area contributed by atoms with Crippen LogP contribution in [0.1, 0.15) is 19.4 Å². The molecule has 0 spiro atoms. The van der Waals surface area contributed by atoms with E-state index < -0.39 is 10.0 Å². The van der Waals surface area contributed by atoms with E-state index in [1.54, 1.807) is 36.4 Å². The summed E-state index contributed by atoms with van der Waals surface area (Å²) in [6.07, 6.45) is 1.51. The van der Waals surface area contributed by atoms with Crippen molar-refractivity contribution < 1.29 is 8.42 Å². The lowest BCUT2D eigenvalue weighted by atomic mass is 10.2. The highest BCUT2D eigenvalue weighted by Crippen LogP contribution is 2.17. The Hall–Kier alpha value is -2.08. The number of pyridine rings is 1. The molecule has 5 nitrogen and oxygen atoms in total. The summed E-state index contributed by atoms with van der Waals surface area (Å²) in [5.41, 5.74) is 1.46. The molecule has 0 aliphatic carbocycles. The first-order chi connectivity index (χ1) is 10.4. The number of nitrogens with zero attached hydrogens (tertiary/aromatic N) is 1. The highest BCUT2D eigenvalue weighted by molar-refractivity contribution is 7.92. The minimum absolute atomic E-state index is 0.236. The molecule has 0 atom stereocenters. The zero-order valence-corrected chi connectivity index (χ0v) is 13.8. The molecule has 0 aliphatic rings. The number of hydrogen-bond donors (Lipinski definition) is 2. The van der Waals surface area contributed by atoms with Crippen molar-refractivity contribution in [3.63, 3.8) is 0 Å².